The van der Waals surface area contributed by atoms with Gasteiger partial charge in [-0.05, 0) is 12.8 Å². The van der Waals surface area contributed by atoms with Crippen molar-refractivity contribution in [2.45, 2.75) is 45.4 Å². The fraction of sp³-hybridized carbons (Fsp3) is 0.667. The van der Waals surface area contributed by atoms with Gasteiger partial charge in [0.1, 0.15) is 0 Å². The lowest BCUT2D eigenvalue weighted by Gasteiger charge is -2.03. The lowest BCUT2D eigenvalue weighted by molar-refractivity contribution is -0.143. The zero-order valence-electron chi connectivity index (χ0n) is 10.3. The molecule has 0 aliphatic carbocycles. The van der Waals surface area contributed by atoms with Crippen LogP contribution in [0.3, 0.4) is 0 Å². The fourth-order valence-electron chi connectivity index (χ4n) is 1.53. The molecule has 1 aromatic heterocycles. The first-order chi connectivity index (χ1) is 8.22. The molecule has 0 unspecified atom stereocenters. The maximum atomic E-state index is 11.3. The number of esters is 1. The lowest BCUT2D eigenvalue weighted by atomic mass is 10.2. The predicted molar refractivity (Wildman–Crippen MR) is 64.8 cm³/mol. The quantitative estimate of drug-likeness (QED) is 0.537. The van der Waals surface area contributed by atoms with Crippen LogP contribution in [0.15, 0.2) is 11.0 Å². The highest BCUT2D eigenvalue weighted by Gasteiger charge is 2.04. The van der Waals surface area contributed by atoms with Crippen LogP contribution in [-0.4, -0.2) is 22.5 Å². The van der Waals surface area contributed by atoms with E-state index in [-0.39, 0.29) is 11.7 Å². The van der Waals surface area contributed by atoms with Gasteiger partial charge in [0.2, 0.25) is 0 Å². The average molecular weight is 240 g/mol. The number of aryl methyl sites for hydroxylation is 1. The fourth-order valence-corrected chi connectivity index (χ4v) is 1.53. The Labute approximate surface area is 101 Å². The summed E-state index contributed by atoms with van der Waals surface area (Å²) >= 11 is 0. The molecule has 0 atom stereocenters. The Balaban J connectivity index is 2.07. The molecule has 0 aliphatic heterocycles. The van der Waals surface area contributed by atoms with Gasteiger partial charge < -0.3 is 14.7 Å². The Hall–Kier alpha value is -1.52. The molecular weight excluding hydrogens is 220 g/mol. The number of rotatable bonds is 8. The molecule has 96 valence electrons. The summed E-state index contributed by atoms with van der Waals surface area (Å²) in [7, 11) is 0. The molecule has 5 nitrogen and oxygen atoms in total. The van der Waals surface area contributed by atoms with Gasteiger partial charge in [-0.25, -0.2) is 4.79 Å². The van der Waals surface area contributed by atoms with Gasteiger partial charge in [0.25, 0.3) is 0 Å². The number of hydrogen-bond donors (Lipinski definition) is 2. The van der Waals surface area contributed by atoms with Crippen LogP contribution in [-0.2, 0) is 16.0 Å². The molecule has 2 N–H and O–H groups in total. The van der Waals surface area contributed by atoms with E-state index in [4.69, 9.17) is 4.74 Å². The minimum absolute atomic E-state index is 0.205. The standard InChI is InChI=1S/C12H20N2O3/c1-2-3-4-5-8-17-11(15)7-6-10-9-13-12(16)14-10/h9H,2-8H2,1H3,(H2,13,14,16). The summed E-state index contributed by atoms with van der Waals surface area (Å²) in [6.07, 6.45) is 6.79. The van der Waals surface area contributed by atoms with Gasteiger partial charge in [-0.15, -0.1) is 0 Å². The number of unbranched alkanes of at least 4 members (excludes halogenated alkanes) is 3. The van der Waals surface area contributed by atoms with Gasteiger partial charge in [-0.3, -0.25) is 4.79 Å². The molecule has 0 saturated heterocycles. The zero-order valence-corrected chi connectivity index (χ0v) is 10.3. The Morgan fingerprint density at radius 2 is 2.18 bits per heavy atom. The molecular formula is C12H20N2O3. The number of carbonyl (C=O) groups excluding carboxylic acids is 1. The Bertz CT molecular complexity index is 381. The van der Waals surface area contributed by atoms with Crippen LogP contribution in [0.5, 0.6) is 0 Å². The summed E-state index contributed by atoms with van der Waals surface area (Å²) in [5.41, 5.74) is 0.492. The van der Waals surface area contributed by atoms with Crippen molar-refractivity contribution < 1.29 is 9.53 Å². The summed E-state index contributed by atoms with van der Waals surface area (Å²) in [4.78, 5) is 27.2. The maximum absolute atomic E-state index is 11.3. The van der Waals surface area contributed by atoms with Crippen molar-refractivity contribution in [1.82, 2.24) is 9.97 Å². The van der Waals surface area contributed by atoms with Crippen molar-refractivity contribution in [3.8, 4) is 0 Å². The number of H-pyrrole nitrogens is 2. The molecule has 17 heavy (non-hydrogen) atoms. The van der Waals surface area contributed by atoms with Gasteiger partial charge in [-0.2, -0.15) is 0 Å². The van der Waals surface area contributed by atoms with Gasteiger partial charge in [0.05, 0.1) is 13.0 Å². The molecule has 0 bridgehead atoms. The van der Waals surface area contributed by atoms with E-state index in [1.54, 1.807) is 6.20 Å². The van der Waals surface area contributed by atoms with Crippen molar-refractivity contribution in [3.05, 3.63) is 22.4 Å². The Morgan fingerprint density at radius 1 is 1.35 bits per heavy atom. The summed E-state index contributed by atoms with van der Waals surface area (Å²) in [5.74, 6) is -0.205. The molecule has 5 heteroatoms. The molecule has 0 aliphatic rings. The number of imidazole rings is 1. The zero-order chi connectivity index (χ0) is 12.5. The van der Waals surface area contributed by atoms with Crippen LogP contribution < -0.4 is 5.69 Å². The molecule has 0 saturated carbocycles. The first-order valence-corrected chi connectivity index (χ1v) is 6.14. The number of aromatic nitrogens is 2. The molecule has 1 heterocycles. The number of nitrogens with one attached hydrogen (secondary N) is 2. The SMILES string of the molecule is CCCCCCOC(=O)CCc1c[nH]c(=O)[nH]1. The van der Waals surface area contributed by atoms with Crippen LogP contribution in [0.25, 0.3) is 0 Å². The third kappa shape index (κ3) is 5.94. The molecule has 0 amide bonds. The maximum Gasteiger partial charge on any atom is 0.323 e. The molecule has 0 fully saturated rings. The number of carbonyl (C=O) groups is 1. The minimum Gasteiger partial charge on any atom is -0.466 e. The van der Waals surface area contributed by atoms with E-state index in [1.807, 2.05) is 0 Å². The summed E-state index contributed by atoms with van der Waals surface area (Å²) in [6.45, 7) is 2.64. The number of aromatic amines is 2. The van der Waals surface area contributed by atoms with Crippen LogP contribution in [0, 0.1) is 0 Å². The number of ether oxygens (including phenoxy) is 1. The monoisotopic (exact) mass is 240 g/mol. The second-order valence-corrected chi connectivity index (χ2v) is 4.05. The van der Waals surface area contributed by atoms with E-state index in [0.29, 0.717) is 19.4 Å². The van der Waals surface area contributed by atoms with Gasteiger partial charge in [-0.1, -0.05) is 26.2 Å². The highest BCUT2D eigenvalue weighted by atomic mass is 16.5. The first-order valence-electron chi connectivity index (χ1n) is 6.14. The topological polar surface area (TPSA) is 75.0 Å². The van der Waals surface area contributed by atoms with E-state index >= 15 is 0 Å². The van der Waals surface area contributed by atoms with Gasteiger partial charge in [0, 0.05) is 11.9 Å². The van der Waals surface area contributed by atoms with E-state index in [0.717, 1.165) is 18.5 Å². The Morgan fingerprint density at radius 3 is 2.82 bits per heavy atom. The third-order valence-corrected chi connectivity index (χ3v) is 2.51. The van der Waals surface area contributed by atoms with E-state index in [2.05, 4.69) is 16.9 Å². The van der Waals surface area contributed by atoms with Crippen LogP contribution >= 0.6 is 0 Å². The second kappa shape index (κ2) is 7.70. The summed E-state index contributed by atoms with van der Waals surface area (Å²) < 4.78 is 5.08. The molecule has 1 rings (SSSR count). The lowest BCUT2D eigenvalue weighted by Crippen LogP contribution is -2.08. The smallest absolute Gasteiger partial charge is 0.323 e. The van der Waals surface area contributed by atoms with Crippen molar-refractivity contribution in [2.24, 2.45) is 0 Å². The first kappa shape index (κ1) is 13.5. The average Bonchev–Trinajstić information content (AvgIpc) is 2.72. The Kier molecular flexibility index (Phi) is 6.14. The highest BCUT2D eigenvalue weighted by molar-refractivity contribution is 5.69. The number of hydrogen-bond acceptors (Lipinski definition) is 3. The van der Waals surface area contributed by atoms with Gasteiger partial charge in [0.15, 0.2) is 0 Å². The minimum atomic E-state index is -0.243. The second-order valence-electron chi connectivity index (χ2n) is 4.05. The van der Waals surface area contributed by atoms with Crippen molar-refractivity contribution >= 4 is 5.97 Å². The normalized spacial score (nSPS) is 10.4. The predicted octanol–water partition coefficient (Wildman–Crippen LogP) is 1.76. The van der Waals surface area contributed by atoms with Crippen molar-refractivity contribution in [3.63, 3.8) is 0 Å². The third-order valence-electron chi connectivity index (χ3n) is 2.51. The summed E-state index contributed by atoms with van der Waals surface area (Å²) in [5, 5.41) is 0. The van der Waals surface area contributed by atoms with Crippen molar-refractivity contribution in [1.29, 1.82) is 0 Å². The van der Waals surface area contributed by atoms with Crippen molar-refractivity contribution in [2.75, 3.05) is 6.61 Å². The highest BCUT2D eigenvalue weighted by Crippen LogP contribution is 2.01. The van der Waals surface area contributed by atoms with E-state index < -0.39 is 0 Å². The van der Waals surface area contributed by atoms with Crippen LogP contribution in [0.4, 0.5) is 0 Å². The summed E-state index contributed by atoms with van der Waals surface area (Å²) in [6, 6.07) is 0. The molecule has 1 aromatic rings. The molecule has 0 spiro atoms. The van der Waals surface area contributed by atoms with E-state index in [9.17, 15) is 9.59 Å². The largest absolute Gasteiger partial charge is 0.466 e. The van der Waals surface area contributed by atoms with Crippen LogP contribution in [0.1, 0.15) is 44.7 Å². The van der Waals surface area contributed by atoms with Gasteiger partial charge >= 0.3 is 11.7 Å². The van der Waals surface area contributed by atoms with Crippen LogP contribution in [0.2, 0.25) is 0 Å². The molecule has 0 aromatic carbocycles. The molecule has 0 radical (unpaired) electrons. The van der Waals surface area contributed by atoms with E-state index in [1.165, 1.54) is 12.8 Å².